The number of halogens is 1. The number of benzene rings is 2. The first-order valence-corrected chi connectivity index (χ1v) is 14.0. The number of rotatable bonds is 8. The molecule has 2 aromatic carbocycles. The second-order valence-electron chi connectivity index (χ2n) is 11.2. The van der Waals surface area contributed by atoms with Crippen molar-refractivity contribution >= 4 is 23.3 Å². The summed E-state index contributed by atoms with van der Waals surface area (Å²) in [4.78, 5) is 52.5. The Morgan fingerprint density at radius 2 is 1.78 bits per heavy atom. The van der Waals surface area contributed by atoms with E-state index in [4.69, 9.17) is 24.7 Å². The quantitative estimate of drug-likeness (QED) is 0.140. The average molecular weight is 634 g/mol. The van der Waals surface area contributed by atoms with E-state index >= 15 is 4.39 Å². The first-order chi connectivity index (χ1) is 21.2. The highest BCUT2D eigenvalue weighted by atomic mass is 19.1. The Morgan fingerprint density at radius 1 is 1.09 bits per heavy atom. The SMILES string of the molecule is COc1cccc2c1C(=O)c1c(O)c3c(c(O)c1C2=O)CC(O)(C(=O)COC(=O)CCN)CC3OC1OC(C)C(O)C(O)C1F. The maximum absolute atomic E-state index is 15.2. The number of alkyl halides is 1. The van der Waals surface area contributed by atoms with Crippen molar-refractivity contribution in [3.8, 4) is 17.2 Å². The number of carbonyl (C=O) groups excluding carboxylic acids is 4. The van der Waals surface area contributed by atoms with E-state index in [2.05, 4.69) is 0 Å². The summed E-state index contributed by atoms with van der Waals surface area (Å²) in [6.07, 6.45) is -12.4. The van der Waals surface area contributed by atoms with Gasteiger partial charge in [-0.3, -0.25) is 19.2 Å². The minimum atomic E-state index is -2.48. The number of Topliss-reactive ketones (excluding diaryl/α,β-unsaturated/α-hetero) is 1. The molecule has 1 saturated heterocycles. The highest BCUT2D eigenvalue weighted by molar-refractivity contribution is 6.31. The van der Waals surface area contributed by atoms with Gasteiger partial charge in [-0.1, -0.05) is 12.1 Å². The molecule has 14 nitrogen and oxygen atoms in total. The zero-order valence-corrected chi connectivity index (χ0v) is 24.2. The van der Waals surface area contributed by atoms with E-state index in [0.29, 0.717) is 0 Å². The highest BCUT2D eigenvalue weighted by Gasteiger charge is 2.52. The van der Waals surface area contributed by atoms with Crippen molar-refractivity contribution in [1.29, 1.82) is 0 Å². The Labute approximate surface area is 255 Å². The number of phenolic OH excluding ortho intramolecular Hbond substituents is 2. The van der Waals surface area contributed by atoms with Gasteiger partial charge < -0.3 is 50.2 Å². The second-order valence-corrected chi connectivity index (χ2v) is 11.2. The number of aliphatic hydroxyl groups excluding tert-OH is 2. The number of aliphatic hydroxyl groups is 3. The molecule has 242 valence electrons. The van der Waals surface area contributed by atoms with Gasteiger partial charge in [0.15, 0.2) is 24.9 Å². The normalized spacial score (nSPS) is 29.0. The Morgan fingerprint density at radius 3 is 2.44 bits per heavy atom. The van der Waals surface area contributed by atoms with E-state index < -0.39 is 108 Å². The van der Waals surface area contributed by atoms with Gasteiger partial charge in [0.25, 0.3) is 0 Å². The monoisotopic (exact) mass is 633 g/mol. The smallest absolute Gasteiger partial charge is 0.307 e. The van der Waals surface area contributed by atoms with E-state index in [1.54, 1.807) is 0 Å². The van der Waals surface area contributed by atoms with Crippen LogP contribution < -0.4 is 10.5 Å². The lowest BCUT2D eigenvalue weighted by atomic mass is 9.72. The molecule has 0 bridgehead atoms. The summed E-state index contributed by atoms with van der Waals surface area (Å²) in [6.45, 7) is 0.341. The number of carbonyl (C=O) groups is 4. The molecule has 2 aliphatic carbocycles. The van der Waals surface area contributed by atoms with Gasteiger partial charge in [-0.05, 0) is 13.0 Å². The van der Waals surface area contributed by atoms with Crippen LogP contribution in [0.4, 0.5) is 4.39 Å². The Balaban J connectivity index is 1.64. The van der Waals surface area contributed by atoms with Gasteiger partial charge in [0.2, 0.25) is 11.6 Å². The maximum atomic E-state index is 15.2. The summed E-state index contributed by atoms with van der Waals surface area (Å²) in [6, 6.07) is 4.19. The van der Waals surface area contributed by atoms with Crippen LogP contribution in [0.1, 0.15) is 68.8 Å². The molecule has 0 amide bonds. The molecule has 1 fully saturated rings. The number of ether oxygens (including phenoxy) is 4. The molecule has 5 rings (SSSR count). The predicted octanol–water partition coefficient (Wildman–Crippen LogP) is -0.117. The number of phenols is 2. The van der Waals surface area contributed by atoms with Crippen LogP contribution in [0, 0.1) is 0 Å². The van der Waals surface area contributed by atoms with Crippen molar-refractivity contribution < 1.29 is 68.0 Å². The zero-order chi connectivity index (χ0) is 33.0. The van der Waals surface area contributed by atoms with Gasteiger partial charge in [-0.2, -0.15) is 0 Å². The fourth-order valence-electron chi connectivity index (χ4n) is 5.98. The molecular formula is C30H32FNO13. The van der Waals surface area contributed by atoms with Gasteiger partial charge in [0, 0.05) is 36.1 Å². The molecule has 7 unspecified atom stereocenters. The minimum Gasteiger partial charge on any atom is -0.507 e. The molecule has 1 heterocycles. The van der Waals surface area contributed by atoms with Crippen LogP contribution in [0.15, 0.2) is 18.2 Å². The minimum absolute atomic E-state index is 0.0162. The van der Waals surface area contributed by atoms with Crippen molar-refractivity contribution in [2.75, 3.05) is 20.3 Å². The number of methoxy groups -OCH3 is 1. The average Bonchev–Trinajstić information content (AvgIpc) is 3.01. The first-order valence-electron chi connectivity index (χ1n) is 14.0. The molecule has 45 heavy (non-hydrogen) atoms. The summed E-state index contributed by atoms with van der Waals surface area (Å²) in [5.74, 6) is -5.33. The highest BCUT2D eigenvalue weighted by Crippen LogP contribution is 2.52. The third kappa shape index (κ3) is 5.34. The summed E-state index contributed by atoms with van der Waals surface area (Å²) >= 11 is 0. The Kier molecular flexibility index (Phi) is 8.70. The van der Waals surface area contributed by atoms with E-state index in [0.717, 1.165) is 0 Å². The van der Waals surface area contributed by atoms with Gasteiger partial charge in [-0.25, -0.2) is 4.39 Å². The predicted molar refractivity (Wildman–Crippen MR) is 148 cm³/mol. The third-order valence-electron chi connectivity index (χ3n) is 8.37. The number of hydrogen-bond acceptors (Lipinski definition) is 14. The molecule has 0 aromatic heterocycles. The van der Waals surface area contributed by atoms with Gasteiger partial charge >= 0.3 is 5.97 Å². The van der Waals surface area contributed by atoms with Crippen molar-refractivity contribution in [2.45, 2.75) is 68.7 Å². The standard InChI is InChI=1S/C30H32FNO13/c1-11-23(35)28(40)22(31)29(44-11)45-15-9-30(41,16(33)10-43-17(34)6-7-32)8-13-19(15)27(39)21-20(25(13)37)24(36)12-4-3-5-14(42-2)18(12)26(21)38/h3-5,11,15,22-23,28-29,35,37,39-41H,6-10,32H2,1-2H3. The lowest BCUT2D eigenvalue weighted by Crippen LogP contribution is -2.56. The summed E-state index contributed by atoms with van der Waals surface area (Å²) < 4.78 is 36.5. The lowest BCUT2D eigenvalue weighted by molar-refractivity contribution is -0.294. The summed E-state index contributed by atoms with van der Waals surface area (Å²) in [7, 11) is 1.27. The van der Waals surface area contributed by atoms with Crippen molar-refractivity contribution in [3.05, 3.63) is 51.6 Å². The number of ketones is 3. The van der Waals surface area contributed by atoms with E-state index in [1.807, 2.05) is 0 Å². The van der Waals surface area contributed by atoms with Crippen molar-refractivity contribution in [2.24, 2.45) is 5.73 Å². The zero-order valence-electron chi connectivity index (χ0n) is 24.2. The Bertz CT molecular complexity index is 1580. The second kappa shape index (κ2) is 12.1. The van der Waals surface area contributed by atoms with Crippen LogP contribution in [-0.2, 0) is 30.2 Å². The van der Waals surface area contributed by atoms with Gasteiger partial charge in [-0.15, -0.1) is 0 Å². The van der Waals surface area contributed by atoms with E-state index in [9.17, 15) is 44.7 Å². The fourth-order valence-corrected chi connectivity index (χ4v) is 5.98. The van der Waals surface area contributed by atoms with Crippen LogP contribution >= 0.6 is 0 Å². The summed E-state index contributed by atoms with van der Waals surface area (Å²) in [5.41, 5.74) is 0.571. The third-order valence-corrected chi connectivity index (χ3v) is 8.37. The fraction of sp³-hybridized carbons (Fsp3) is 0.467. The number of hydrogen-bond donors (Lipinski definition) is 6. The molecule has 0 radical (unpaired) electrons. The first kappa shape index (κ1) is 32.4. The molecule has 15 heteroatoms. The van der Waals surface area contributed by atoms with Crippen molar-refractivity contribution in [3.63, 3.8) is 0 Å². The van der Waals surface area contributed by atoms with E-state index in [-0.39, 0.29) is 41.0 Å². The van der Waals surface area contributed by atoms with Crippen LogP contribution in [-0.4, -0.2) is 105 Å². The lowest BCUT2D eigenvalue weighted by Gasteiger charge is -2.43. The number of fused-ring (bicyclic) bond motifs is 3. The topological polar surface area (TPSA) is 232 Å². The Hall–Kier alpha value is -3.99. The molecule has 7 atom stereocenters. The molecule has 0 spiro atoms. The van der Waals surface area contributed by atoms with Crippen LogP contribution in [0.5, 0.6) is 17.2 Å². The number of aromatic hydroxyl groups is 2. The number of nitrogens with two attached hydrogens (primary N) is 1. The molecule has 1 aliphatic heterocycles. The van der Waals surface area contributed by atoms with E-state index in [1.165, 1.54) is 32.2 Å². The van der Waals surface area contributed by atoms with Crippen LogP contribution in [0.2, 0.25) is 0 Å². The van der Waals surface area contributed by atoms with Crippen molar-refractivity contribution in [1.82, 2.24) is 0 Å². The van der Waals surface area contributed by atoms with Crippen LogP contribution in [0.25, 0.3) is 0 Å². The summed E-state index contributed by atoms with van der Waals surface area (Å²) in [5, 5.41) is 54.8. The maximum Gasteiger partial charge on any atom is 0.307 e. The van der Waals surface area contributed by atoms with Crippen LogP contribution in [0.3, 0.4) is 0 Å². The molecular weight excluding hydrogens is 601 g/mol. The largest absolute Gasteiger partial charge is 0.507 e. The number of esters is 1. The molecule has 2 aromatic rings. The van der Waals surface area contributed by atoms with Gasteiger partial charge in [0.05, 0.1) is 42.4 Å². The van der Waals surface area contributed by atoms with Gasteiger partial charge in [0.1, 0.15) is 35.1 Å². The molecule has 0 saturated carbocycles. The molecule has 3 aliphatic rings. The molecule has 7 N–H and O–H groups in total.